The van der Waals surface area contributed by atoms with E-state index in [1.807, 2.05) is 23.1 Å². The molecule has 30 heavy (non-hydrogen) atoms. The largest absolute Gasteiger partial charge is 0.353 e. The van der Waals surface area contributed by atoms with Crippen LogP contribution < -0.4 is 15.8 Å². The van der Waals surface area contributed by atoms with Crippen molar-refractivity contribution in [3.63, 3.8) is 0 Å². The van der Waals surface area contributed by atoms with Crippen LogP contribution in [-0.4, -0.2) is 77.7 Å². The van der Waals surface area contributed by atoms with Gasteiger partial charge in [0.05, 0.1) is 5.92 Å². The van der Waals surface area contributed by atoms with Gasteiger partial charge in [0, 0.05) is 57.3 Å². The van der Waals surface area contributed by atoms with Gasteiger partial charge in [-0.15, -0.1) is 0 Å². The monoisotopic (exact) mass is 416 g/mol. The maximum atomic E-state index is 14.6. The van der Waals surface area contributed by atoms with Crippen LogP contribution in [0, 0.1) is 11.8 Å². The number of anilines is 1. The molecule has 1 aromatic rings. The summed E-state index contributed by atoms with van der Waals surface area (Å²) in [6, 6.07) is 5.88. The second kappa shape index (κ2) is 8.11. The zero-order valence-electron chi connectivity index (χ0n) is 17.0. The number of carbonyl (C=O) groups is 2. The van der Waals surface area contributed by atoms with Crippen molar-refractivity contribution in [2.75, 3.05) is 37.6 Å². The SMILES string of the molecule is O=C(C1CC(=O)N(C2NNC3CCCC(F)C32)C1)N1CCN(c2ccccn2)CC1. The van der Waals surface area contributed by atoms with E-state index in [1.165, 1.54) is 0 Å². The summed E-state index contributed by atoms with van der Waals surface area (Å²) in [5, 5.41) is 0. The molecule has 4 aliphatic rings. The van der Waals surface area contributed by atoms with Gasteiger partial charge in [-0.2, -0.15) is 0 Å². The predicted octanol–water partition coefficient (Wildman–Crippen LogP) is 0.519. The van der Waals surface area contributed by atoms with Gasteiger partial charge < -0.3 is 14.7 Å². The number of hydrazine groups is 1. The molecule has 0 spiro atoms. The van der Waals surface area contributed by atoms with Gasteiger partial charge in [-0.05, 0) is 31.4 Å². The summed E-state index contributed by atoms with van der Waals surface area (Å²) < 4.78 is 14.6. The molecule has 5 rings (SSSR count). The first kappa shape index (κ1) is 19.7. The maximum absolute atomic E-state index is 14.6. The van der Waals surface area contributed by atoms with E-state index in [0.717, 1.165) is 31.7 Å². The van der Waals surface area contributed by atoms with E-state index in [0.29, 0.717) is 26.1 Å². The number of amides is 2. The Balaban J connectivity index is 1.19. The average molecular weight is 417 g/mol. The second-order valence-corrected chi connectivity index (χ2v) is 8.81. The molecular formula is C21H29FN6O2. The Morgan fingerprint density at radius 2 is 1.97 bits per heavy atom. The highest BCUT2D eigenvalue weighted by molar-refractivity contribution is 5.89. The first-order valence-electron chi connectivity index (χ1n) is 11.0. The molecule has 2 N–H and O–H groups in total. The van der Waals surface area contributed by atoms with E-state index in [2.05, 4.69) is 20.7 Å². The second-order valence-electron chi connectivity index (χ2n) is 8.81. The number of hydrogen-bond donors (Lipinski definition) is 2. The Morgan fingerprint density at radius 1 is 1.13 bits per heavy atom. The molecule has 1 saturated carbocycles. The van der Waals surface area contributed by atoms with E-state index in [-0.39, 0.29) is 42.3 Å². The third kappa shape index (κ3) is 3.54. The minimum atomic E-state index is -0.918. The molecule has 4 fully saturated rings. The van der Waals surface area contributed by atoms with Crippen molar-refractivity contribution < 1.29 is 14.0 Å². The molecule has 9 heteroatoms. The van der Waals surface area contributed by atoms with Crippen LogP contribution >= 0.6 is 0 Å². The van der Waals surface area contributed by atoms with Crippen molar-refractivity contribution in [1.82, 2.24) is 25.6 Å². The van der Waals surface area contributed by atoms with E-state index >= 15 is 0 Å². The van der Waals surface area contributed by atoms with Gasteiger partial charge in [-0.3, -0.25) is 15.0 Å². The molecule has 3 aliphatic heterocycles. The quantitative estimate of drug-likeness (QED) is 0.748. The number of carbonyl (C=O) groups excluding carboxylic acids is 2. The molecule has 2 amide bonds. The van der Waals surface area contributed by atoms with Crippen molar-refractivity contribution in [3.8, 4) is 0 Å². The highest BCUT2D eigenvalue weighted by atomic mass is 19.1. The van der Waals surface area contributed by atoms with Crippen LogP contribution in [0.3, 0.4) is 0 Å². The number of nitrogens with one attached hydrogen (secondary N) is 2. The molecule has 0 aromatic carbocycles. The molecular weight excluding hydrogens is 387 g/mol. The van der Waals surface area contributed by atoms with Gasteiger partial charge in [0.1, 0.15) is 18.2 Å². The van der Waals surface area contributed by atoms with Crippen molar-refractivity contribution in [2.45, 2.75) is 44.1 Å². The maximum Gasteiger partial charge on any atom is 0.228 e. The van der Waals surface area contributed by atoms with Gasteiger partial charge in [-0.1, -0.05) is 6.07 Å². The smallest absolute Gasteiger partial charge is 0.228 e. The molecule has 4 heterocycles. The highest BCUT2D eigenvalue weighted by Crippen LogP contribution is 2.36. The standard InChI is InChI=1S/C21H29FN6O2/c22-15-4-3-5-16-19(15)20(25-24-16)28-13-14(12-18(28)29)21(30)27-10-8-26(9-11-27)17-6-1-2-7-23-17/h1-2,6-7,14-16,19-20,24-25H,3-5,8-13H2. The summed E-state index contributed by atoms with van der Waals surface area (Å²) in [6.07, 6.45) is 3.03. The van der Waals surface area contributed by atoms with Gasteiger partial charge in [0.25, 0.3) is 0 Å². The minimum Gasteiger partial charge on any atom is -0.353 e. The van der Waals surface area contributed by atoms with Gasteiger partial charge in [0.2, 0.25) is 11.8 Å². The van der Waals surface area contributed by atoms with Gasteiger partial charge >= 0.3 is 0 Å². The van der Waals surface area contributed by atoms with E-state index in [4.69, 9.17) is 0 Å². The third-order valence-corrected chi connectivity index (χ3v) is 7.07. The molecule has 8 nitrogen and oxygen atoms in total. The van der Waals surface area contributed by atoms with Crippen molar-refractivity contribution >= 4 is 17.6 Å². The number of nitrogens with zero attached hydrogens (tertiary/aromatic N) is 4. The fraction of sp³-hybridized carbons (Fsp3) is 0.667. The molecule has 5 atom stereocenters. The molecule has 1 aromatic heterocycles. The topological polar surface area (TPSA) is 80.8 Å². The predicted molar refractivity (Wildman–Crippen MR) is 109 cm³/mol. The summed E-state index contributed by atoms with van der Waals surface area (Å²) in [4.78, 5) is 35.9. The summed E-state index contributed by atoms with van der Waals surface area (Å²) in [5.74, 6) is 0.321. The van der Waals surface area contributed by atoms with Crippen LogP contribution in [-0.2, 0) is 9.59 Å². The van der Waals surface area contributed by atoms with Crippen LogP contribution in [0.4, 0.5) is 10.2 Å². The number of alkyl halides is 1. The molecule has 0 bridgehead atoms. The van der Waals surface area contributed by atoms with Crippen molar-refractivity contribution in [1.29, 1.82) is 0 Å². The van der Waals surface area contributed by atoms with Crippen molar-refractivity contribution in [3.05, 3.63) is 24.4 Å². The Labute approximate surface area is 175 Å². The minimum absolute atomic E-state index is 0.0365. The molecule has 162 valence electrons. The summed E-state index contributed by atoms with van der Waals surface area (Å²) in [6.45, 7) is 3.08. The van der Waals surface area contributed by atoms with Crippen LogP contribution in [0.15, 0.2) is 24.4 Å². The lowest BCUT2D eigenvalue weighted by Crippen LogP contribution is -2.52. The van der Waals surface area contributed by atoms with E-state index < -0.39 is 6.17 Å². The lowest BCUT2D eigenvalue weighted by Gasteiger charge is -2.37. The Morgan fingerprint density at radius 3 is 2.73 bits per heavy atom. The first-order valence-corrected chi connectivity index (χ1v) is 11.0. The van der Waals surface area contributed by atoms with E-state index in [1.54, 1.807) is 11.1 Å². The van der Waals surface area contributed by atoms with Crippen LogP contribution in [0.25, 0.3) is 0 Å². The number of aromatic nitrogens is 1. The Hall–Kier alpha value is -2.26. The Bertz CT molecular complexity index is 787. The number of piperazine rings is 1. The lowest BCUT2D eigenvalue weighted by atomic mass is 9.82. The number of rotatable bonds is 3. The van der Waals surface area contributed by atoms with Gasteiger partial charge in [-0.25, -0.2) is 14.8 Å². The molecule has 3 saturated heterocycles. The molecule has 0 radical (unpaired) electrons. The fourth-order valence-electron chi connectivity index (χ4n) is 5.45. The average Bonchev–Trinajstić information content (AvgIpc) is 3.38. The fourth-order valence-corrected chi connectivity index (χ4v) is 5.45. The number of likely N-dealkylation sites (tertiary alicyclic amines) is 1. The lowest BCUT2D eigenvalue weighted by molar-refractivity contribution is -0.136. The van der Waals surface area contributed by atoms with Crippen LogP contribution in [0.5, 0.6) is 0 Å². The summed E-state index contributed by atoms with van der Waals surface area (Å²) >= 11 is 0. The van der Waals surface area contributed by atoms with Crippen LogP contribution in [0.1, 0.15) is 25.7 Å². The normalized spacial score (nSPS) is 34.4. The third-order valence-electron chi connectivity index (χ3n) is 7.07. The number of hydrogen-bond acceptors (Lipinski definition) is 6. The number of halogens is 1. The summed E-state index contributed by atoms with van der Waals surface area (Å²) in [7, 11) is 0. The highest BCUT2D eigenvalue weighted by Gasteiger charge is 2.50. The van der Waals surface area contributed by atoms with Crippen LogP contribution in [0.2, 0.25) is 0 Å². The summed E-state index contributed by atoms with van der Waals surface area (Å²) in [5.41, 5.74) is 6.31. The van der Waals surface area contributed by atoms with E-state index in [9.17, 15) is 14.0 Å². The Kier molecular flexibility index (Phi) is 5.32. The molecule has 5 unspecified atom stereocenters. The van der Waals surface area contributed by atoms with Crippen molar-refractivity contribution in [2.24, 2.45) is 11.8 Å². The zero-order chi connectivity index (χ0) is 20.7. The molecule has 1 aliphatic carbocycles. The van der Waals surface area contributed by atoms with Gasteiger partial charge in [0.15, 0.2) is 0 Å². The number of pyridine rings is 1. The zero-order valence-corrected chi connectivity index (χ0v) is 17.0. The number of fused-ring (bicyclic) bond motifs is 1. The first-order chi connectivity index (χ1) is 14.6.